The van der Waals surface area contributed by atoms with Crippen molar-refractivity contribution in [2.24, 2.45) is 0 Å². The monoisotopic (exact) mass is 314 g/mol. The summed E-state index contributed by atoms with van der Waals surface area (Å²) in [7, 11) is -1.59. The zero-order valence-electron chi connectivity index (χ0n) is 11.7. The second-order valence-electron chi connectivity index (χ2n) is 5.12. The molecule has 1 fully saturated rings. The lowest BCUT2D eigenvalue weighted by atomic mass is 10.3. The Morgan fingerprint density at radius 3 is 2.95 bits per heavy atom. The maximum absolute atomic E-state index is 12.3. The quantitative estimate of drug-likeness (QED) is 0.844. The number of fused-ring (bicyclic) bond motifs is 1. The SMILES string of the molecule is CN1CCOC(CNS(=O)(=O)c2ccc3c(c2)OCO3)C1. The molecule has 1 aromatic rings. The number of ether oxygens (including phenoxy) is 3. The van der Waals surface area contributed by atoms with E-state index in [1.165, 1.54) is 12.1 Å². The topological polar surface area (TPSA) is 77.1 Å². The zero-order chi connectivity index (χ0) is 14.9. The van der Waals surface area contributed by atoms with E-state index in [0.29, 0.717) is 24.7 Å². The van der Waals surface area contributed by atoms with Crippen LogP contribution in [0.5, 0.6) is 11.5 Å². The first-order valence-electron chi connectivity index (χ1n) is 6.74. The van der Waals surface area contributed by atoms with Gasteiger partial charge >= 0.3 is 0 Å². The molecule has 1 saturated heterocycles. The molecule has 0 saturated carbocycles. The summed E-state index contributed by atoms with van der Waals surface area (Å²) in [5, 5.41) is 0. The number of morpholine rings is 1. The number of nitrogens with zero attached hydrogens (tertiary/aromatic N) is 1. The van der Waals surface area contributed by atoms with Crippen LogP contribution in [-0.2, 0) is 14.8 Å². The lowest BCUT2D eigenvalue weighted by Crippen LogP contribution is -2.45. The first-order valence-corrected chi connectivity index (χ1v) is 8.22. The van der Waals surface area contributed by atoms with Gasteiger partial charge in [-0.15, -0.1) is 0 Å². The molecule has 0 amide bonds. The third-order valence-electron chi connectivity index (χ3n) is 3.50. The minimum absolute atomic E-state index is 0.120. The molecule has 0 aliphatic carbocycles. The number of hydrogen-bond acceptors (Lipinski definition) is 6. The minimum atomic E-state index is -3.58. The highest BCUT2D eigenvalue weighted by Crippen LogP contribution is 2.33. The predicted octanol–water partition coefficient (Wildman–Crippen LogP) is 0.0242. The van der Waals surface area contributed by atoms with E-state index in [2.05, 4.69) is 9.62 Å². The fourth-order valence-electron chi connectivity index (χ4n) is 2.32. The molecule has 0 aromatic heterocycles. The molecular weight excluding hydrogens is 296 g/mol. The molecular formula is C13H18N2O5S. The molecule has 21 heavy (non-hydrogen) atoms. The second-order valence-corrected chi connectivity index (χ2v) is 6.89. The number of sulfonamides is 1. The van der Waals surface area contributed by atoms with Gasteiger partial charge in [0.1, 0.15) is 0 Å². The summed E-state index contributed by atoms with van der Waals surface area (Å²) >= 11 is 0. The van der Waals surface area contributed by atoms with Crippen LogP contribution in [0.4, 0.5) is 0 Å². The Bertz CT molecular complexity index is 619. The highest BCUT2D eigenvalue weighted by molar-refractivity contribution is 7.89. The molecule has 1 aromatic carbocycles. The normalized spacial score (nSPS) is 22.4. The van der Waals surface area contributed by atoms with Gasteiger partial charge in [-0.3, -0.25) is 0 Å². The van der Waals surface area contributed by atoms with Crippen molar-refractivity contribution in [3.05, 3.63) is 18.2 Å². The molecule has 0 spiro atoms. The molecule has 1 N–H and O–H groups in total. The number of rotatable bonds is 4. The number of nitrogens with one attached hydrogen (secondary N) is 1. The van der Waals surface area contributed by atoms with E-state index in [1.807, 2.05) is 7.05 Å². The minimum Gasteiger partial charge on any atom is -0.454 e. The van der Waals surface area contributed by atoms with Crippen molar-refractivity contribution >= 4 is 10.0 Å². The molecule has 1 unspecified atom stereocenters. The summed E-state index contributed by atoms with van der Waals surface area (Å²) in [6.07, 6.45) is -0.132. The summed E-state index contributed by atoms with van der Waals surface area (Å²) in [5.41, 5.74) is 0. The van der Waals surface area contributed by atoms with Crippen molar-refractivity contribution in [3.8, 4) is 11.5 Å². The number of likely N-dealkylation sites (N-methyl/N-ethyl adjacent to an activating group) is 1. The molecule has 0 radical (unpaired) electrons. The van der Waals surface area contributed by atoms with Crippen LogP contribution < -0.4 is 14.2 Å². The number of benzene rings is 1. The summed E-state index contributed by atoms with van der Waals surface area (Å²) in [6.45, 7) is 2.57. The third-order valence-corrected chi connectivity index (χ3v) is 4.92. The van der Waals surface area contributed by atoms with Gasteiger partial charge in [0.15, 0.2) is 11.5 Å². The molecule has 7 nitrogen and oxygen atoms in total. The average molecular weight is 314 g/mol. The van der Waals surface area contributed by atoms with Crippen LogP contribution in [0.3, 0.4) is 0 Å². The van der Waals surface area contributed by atoms with Crippen LogP contribution in [-0.4, -0.2) is 59.5 Å². The highest BCUT2D eigenvalue weighted by Gasteiger charge is 2.23. The van der Waals surface area contributed by atoms with Gasteiger partial charge in [0, 0.05) is 25.7 Å². The van der Waals surface area contributed by atoms with Gasteiger partial charge in [-0.05, 0) is 19.2 Å². The van der Waals surface area contributed by atoms with E-state index >= 15 is 0 Å². The van der Waals surface area contributed by atoms with E-state index in [-0.39, 0.29) is 24.3 Å². The van der Waals surface area contributed by atoms with Crippen LogP contribution in [0.2, 0.25) is 0 Å². The van der Waals surface area contributed by atoms with E-state index in [4.69, 9.17) is 14.2 Å². The van der Waals surface area contributed by atoms with Gasteiger partial charge in [0.05, 0.1) is 17.6 Å². The van der Waals surface area contributed by atoms with Gasteiger partial charge < -0.3 is 19.1 Å². The van der Waals surface area contributed by atoms with Crippen LogP contribution in [0.25, 0.3) is 0 Å². The van der Waals surface area contributed by atoms with Crippen LogP contribution in [0.15, 0.2) is 23.1 Å². The Kier molecular flexibility index (Phi) is 4.03. The largest absolute Gasteiger partial charge is 0.454 e. The van der Waals surface area contributed by atoms with E-state index < -0.39 is 10.0 Å². The van der Waals surface area contributed by atoms with Gasteiger partial charge in [0.2, 0.25) is 16.8 Å². The van der Waals surface area contributed by atoms with Crippen LogP contribution in [0, 0.1) is 0 Å². The van der Waals surface area contributed by atoms with E-state index in [9.17, 15) is 8.42 Å². The summed E-state index contributed by atoms with van der Waals surface area (Å²) in [5.74, 6) is 1.01. The molecule has 0 bridgehead atoms. The van der Waals surface area contributed by atoms with Gasteiger partial charge in [-0.25, -0.2) is 13.1 Å². The standard InChI is InChI=1S/C13H18N2O5S/c1-15-4-5-18-10(8-15)7-14-21(16,17)11-2-3-12-13(6-11)20-9-19-12/h2-3,6,10,14H,4-5,7-9H2,1H3. The van der Waals surface area contributed by atoms with Crippen molar-refractivity contribution in [1.29, 1.82) is 0 Å². The van der Waals surface area contributed by atoms with Crippen molar-refractivity contribution in [2.45, 2.75) is 11.0 Å². The molecule has 8 heteroatoms. The predicted molar refractivity (Wildman–Crippen MR) is 75.0 cm³/mol. The van der Waals surface area contributed by atoms with Crippen molar-refractivity contribution in [1.82, 2.24) is 9.62 Å². The Morgan fingerprint density at radius 2 is 2.14 bits per heavy atom. The smallest absolute Gasteiger partial charge is 0.240 e. The summed E-state index contributed by atoms with van der Waals surface area (Å²) < 4.78 is 43.0. The lowest BCUT2D eigenvalue weighted by Gasteiger charge is -2.30. The van der Waals surface area contributed by atoms with E-state index in [1.54, 1.807) is 6.07 Å². The molecule has 2 heterocycles. The highest BCUT2D eigenvalue weighted by atomic mass is 32.2. The van der Waals surface area contributed by atoms with Crippen molar-refractivity contribution in [2.75, 3.05) is 40.1 Å². The number of hydrogen-bond donors (Lipinski definition) is 1. The first-order chi connectivity index (χ1) is 10.0. The van der Waals surface area contributed by atoms with Gasteiger partial charge in [0.25, 0.3) is 0 Å². The Hall–Kier alpha value is -1.35. The molecule has 3 rings (SSSR count). The van der Waals surface area contributed by atoms with Crippen LogP contribution >= 0.6 is 0 Å². The maximum Gasteiger partial charge on any atom is 0.240 e. The Balaban J connectivity index is 1.66. The average Bonchev–Trinajstić information content (AvgIpc) is 2.93. The summed E-state index contributed by atoms with van der Waals surface area (Å²) in [6, 6.07) is 4.57. The first kappa shape index (κ1) is 14.6. The molecule has 116 valence electrons. The zero-order valence-corrected chi connectivity index (χ0v) is 12.6. The van der Waals surface area contributed by atoms with Crippen LogP contribution in [0.1, 0.15) is 0 Å². The maximum atomic E-state index is 12.3. The molecule has 2 aliphatic rings. The fraction of sp³-hybridized carbons (Fsp3) is 0.538. The van der Waals surface area contributed by atoms with E-state index in [0.717, 1.165) is 6.54 Å². The fourth-order valence-corrected chi connectivity index (χ4v) is 3.40. The molecule has 2 aliphatic heterocycles. The van der Waals surface area contributed by atoms with Gasteiger partial charge in [-0.1, -0.05) is 0 Å². The third kappa shape index (κ3) is 3.29. The second kappa shape index (κ2) is 5.80. The Labute approximate surface area is 123 Å². The van der Waals surface area contributed by atoms with Gasteiger partial charge in [-0.2, -0.15) is 0 Å². The van der Waals surface area contributed by atoms with Crippen molar-refractivity contribution < 1.29 is 22.6 Å². The van der Waals surface area contributed by atoms with Crippen molar-refractivity contribution in [3.63, 3.8) is 0 Å². The summed E-state index contributed by atoms with van der Waals surface area (Å²) in [4.78, 5) is 2.28. The Morgan fingerprint density at radius 1 is 1.33 bits per heavy atom. The lowest BCUT2D eigenvalue weighted by molar-refractivity contribution is -0.0156. The molecule has 1 atom stereocenters.